The highest BCUT2D eigenvalue weighted by Gasteiger charge is 2.33. The summed E-state index contributed by atoms with van der Waals surface area (Å²) in [5, 5.41) is 9.23. The number of allylic oxidation sites excluding steroid dienone is 2. The number of carboxylic acid groups (broad SMARTS) is 1. The number of Topliss-reactive ketones (excluding diaryl/α,β-unsaturated/α-hetero) is 1. The Morgan fingerprint density at radius 1 is 1.10 bits per heavy atom. The zero-order valence-electron chi connectivity index (χ0n) is 12.5. The molecule has 0 aliphatic heterocycles. The molecule has 0 aromatic heterocycles. The highest BCUT2D eigenvalue weighted by atomic mass is 16.4. The summed E-state index contributed by atoms with van der Waals surface area (Å²) in [6.07, 6.45) is 5.05. The quantitative estimate of drug-likeness (QED) is 0.846. The molecule has 2 rings (SSSR count). The summed E-state index contributed by atoms with van der Waals surface area (Å²) in [5.41, 5.74) is 2.01. The summed E-state index contributed by atoms with van der Waals surface area (Å²) < 4.78 is 0. The molecule has 1 aromatic rings. The average molecular weight is 287 g/mol. The largest absolute Gasteiger partial charge is 0.481 e. The van der Waals surface area contributed by atoms with Crippen LogP contribution in [0.3, 0.4) is 0 Å². The van der Waals surface area contributed by atoms with Gasteiger partial charge < -0.3 is 10.0 Å². The van der Waals surface area contributed by atoms with Gasteiger partial charge in [0.2, 0.25) is 0 Å². The summed E-state index contributed by atoms with van der Waals surface area (Å²) in [4.78, 5) is 25.6. The molecule has 0 saturated heterocycles. The maximum Gasteiger partial charge on any atom is 0.307 e. The predicted octanol–water partition coefficient (Wildman–Crippen LogP) is 2.53. The predicted molar refractivity (Wildman–Crippen MR) is 82.5 cm³/mol. The van der Waals surface area contributed by atoms with E-state index in [2.05, 4.69) is 0 Å². The standard InChI is InChI=1S/C17H21NO3/c1-18(2)13-9-7-12(8-10-13)11-16(19)14-5-3-4-6-15(14)17(20)21/h3-4,7-10,14-15H,5-6,11H2,1-2H3,(H,20,21). The van der Waals surface area contributed by atoms with Crippen molar-refractivity contribution in [1.29, 1.82) is 0 Å². The molecular formula is C17H21NO3. The topological polar surface area (TPSA) is 57.6 Å². The SMILES string of the molecule is CN(C)c1ccc(CC(=O)C2CC=CCC2C(=O)O)cc1. The van der Waals surface area contributed by atoms with Crippen LogP contribution >= 0.6 is 0 Å². The fourth-order valence-corrected chi connectivity index (χ4v) is 2.69. The van der Waals surface area contributed by atoms with Crippen LogP contribution in [0.4, 0.5) is 5.69 Å². The van der Waals surface area contributed by atoms with E-state index in [0.29, 0.717) is 19.3 Å². The second-order valence-corrected chi connectivity index (χ2v) is 5.70. The number of hydrogen-bond acceptors (Lipinski definition) is 3. The van der Waals surface area contributed by atoms with Gasteiger partial charge in [0, 0.05) is 32.1 Å². The van der Waals surface area contributed by atoms with Gasteiger partial charge in [-0.25, -0.2) is 0 Å². The second kappa shape index (κ2) is 6.57. The van der Waals surface area contributed by atoms with E-state index in [1.165, 1.54) is 0 Å². The molecule has 0 fully saturated rings. The minimum absolute atomic E-state index is 0.0179. The van der Waals surface area contributed by atoms with E-state index in [1.54, 1.807) is 0 Å². The number of carboxylic acids is 1. The third-order valence-corrected chi connectivity index (χ3v) is 3.99. The van der Waals surface area contributed by atoms with Gasteiger partial charge in [-0.15, -0.1) is 0 Å². The molecule has 1 aromatic carbocycles. The Morgan fingerprint density at radius 3 is 2.19 bits per heavy atom. The van der Waals surface area contributed by atoms with Crippen molar-refractivity contribution in [3.8, 4) is 0 Å². The summed E-state index contributed by atoms with van der Waals surface area (Å²) in [6, 6.07) is 7.81. The van der Waals surface area contributed by atoms with E-state index in [-0.39, 0.29) is 5.78 Å². The molecule has 1 aliphatic rings. The van der Waals surface area contributed by atoms with Crippen LogP contribution in [-0.2, 0) is 16.0 Å². The molecule has 2 atom stereocenters. The van der Waals surface area contributed by atoms with E-state index in [9.17, 15) is 14.7 Å². The number of hydrogen-bond donors (Lipinski definition) is 1. The smallest absolute Gasteiger partial charge is 0.307 e. The van der Waals surface area contributed by atoms with Crippen LogP contribution in [0.15, 0.2) is 36.4 Å². The number of carbonyl (C=O) groups excluding carboxylic acids is 1. The lowest BCUT2D eigenvalue weighted by Gasteiger charge is -2.24. The molecule has 4 heteroatoms. The molecular weight excluding hydrogens is 266 g/mol. The third kappa shape index (κ3) is 3.72. The molecule has 0 bridgehead atoms. The van der Waals surface area contributed by atoms with Gasteiger partial charge in [-0.3, -0.25) is 9.59 Å². The Bertz CT molecular complexity index is 546. The second-order valence-electron chi connectivity index (χ2n) is 5.70. The Labute approximate surface area is 125 Å². The summed E-state index contributed by atoms with van der Waals surface area (Å²) in [5.74, 6) is -1.84. The number of nitrogens with zero attached hydrogens (tertiary/aromatic N) is 1. The van der Waals surface area contributed by atoms with Crippen molar-refractivity contribution in [3.63, 3.8) is 0 Å². The maximum atomic E-state index is 12.4. The van der Waals surface area contributed by atoms with E-state index in [1.807, 2.05) is 55.4 Å². The fraction of sp³-hybridized carbons (Fsp3) is 0.412. The van der Waals surface area contributed by atoms with Crippen molar-refractivity contribution in [2.24, 2.45) is 11.8 Å². The number of rotatable bonds is 5. The molecule has 2 unspecified atom stereocenters. The van der Waals surface area contributed by atoms with Crippen LogP contribution in [0.2, 0.25) is 0 Å². The molecule has 112 valence electrons. The Balaban J connectivity index is 2.06. The molecule has 1 aliphatic carbocycles. The third-order valence-electron chi connectivity index (χ3n) is 3.99. The zero-order valence-corrected chi connectivity index (χ0v) is 12.5. The molecule has 0 spiro atoms. The molecule has 0 saturated carbocycles. The average Bonchev–Trinajstić information content (AvgIpc) is 2.47. The van der Waals surface area contributed by atoms with Gasteiger partial charge in [-0.2, -0.15) is 0 Å². The first-order valence-corrected chi connectivity index (χ1v) is 7.16. The summed E-state index contributed by atoms with van der Waals surface area (Å²) >= 11 is 0. The van der Waals surface area contributed by atoms with Crippen molar-refractivity contribution in [1.82, 2.24) is 0 Å². The normalized spacial score (nSPS) is 21.0. The minimum atomic E-state index is -0.874. The number of aliphatic carboxylic acids is 1. The maximum absolute atomic E-state index is 12.4. The number of carbonyl (C=O) groups is 2. The van der Waals surface area contributed by atoms with Crippen molar-refractivity contribution < 1.29 is 14.7 Å². The van der Waals surface area contributed by atoms with E-state index in [0.717, 1.165) is 11.3 Å². The van der Waals surface area contributed by atoms with E-state index in [4.69, 9.17) is 0 Å². The van der Waals surface area contributed by atoms with Gasteiger partial charge in [0.1, 0.15) is 5.78 Å². The van der Waals surface area contributed by atoms with Crippen LogP contribution in [-0.4, -0.2) is 31.0 Å². The lowest BCUT2D eigenvalue weighted by molar-refractivity contribution is -0.146. The molecule has 1 N–H and O–H groups in total. The van der Waals surface area contributed by atoms with Gasteiger partial charge in [-0.05, 0) is 30.5 Å². The first-order chi connectivity index (χ1) is 9.99. The Hall–Kier alpha value is -2.10. The van der Waals surface area contributed by atoms with Crippen LogP contribution in [0.5, 0.6) is 0 Å². The van der Waals surface area contributed by atoms with Crippen LogP contribution < -0.4 is 4.90 Å². The molecule has 4 nitrogen and oxygen atoms in total. The van der Waals surface area contributed by atoms with Crippen molar-refractivity contribution in [2.45, 2.75) is 19.3 Å². The van der Waals surface area contributed by atoms with Crippen LogP contribution in [0.25, 0.3) is 0 Å². The van der Waals surface area contributed by atoms with Gasteiger partial charge in [0.05, 0.1) is 5.92 Å². The highest BCUT2D eigenvalue weighted by Crippen LogP contribution is 2.28. The van der Waals surface area contributed by atoms with Crippen molar-refractivity contribution in [3.05, 3.63) is 42.0 Å². The van der Waals surface area contributed by atoms with Crippen molar-refractivity contribution in [2.75, 3.05) is 19.0 Å². The van der Waals surface area contributed by atoms with Crippen molar-refractivity contribution >= 4 is 17.4 Å². The van der Waals surface area contributed by atoms with Gasteiger partial charge >= 0.3 is 5.97 Å². The monoisotopic (exact) mass is 287 g/mol. The highest BCUT2D eigenvalue weighted by molar-refractivity contribution is 5.88. The molecule has 0 heterocycles. The lowest BCUT2D eigenvalue weighted by Crippen LogP contribution is -2.32. The summed E-state index contributed by atoms with van der Waals surface area (Å²) in [7, 11) is 3.93. The summed E-state index contributed by atoms with van der Waals surface area (Å²) in [6.45, 7) is 0. The molecule has 21 heavy (non-hydrogen) atoms. The van der Waals surface area contributed by atoms with Gasteiger partial charge in [-0.1, -0.05) is 24.3 Å². The van der Waals surface area contributed by atoms with Crippen LogP contribution in [0, 0.1) is 11.8 Å². The van der Waals surface area contributed by atoms with E-state index < -0.39 is 17.8 Å². The zero-order chi connectivity index (χ0) is 15.4. The molecule has 0 amide bonds. The minimum Gasteiger partial charge on any atom is -0.481 e. The van der Waals surface area contributed by atoms with E-state index >= 15 is 0 Å². The number of ketones is 1. The Kier molecular flexibility index (Phi) is 4.78. The fourth-order valence-electron chi connectivity index (χ4n) is 2.69. The first-order valence-electron chi connectivity index (χ1n) is 7.16. The lowest BCUT2D eigenvalue weighted by atomic mass is 9.79. The Morgan fingerprint density at radius 2 is 1.67 bits per heavy atom. The molecule has 0 radical (unpaired) electrons. The number of benzene rings is 1. The van der Waals surface area contributed by atoms with Crippen LogP contribution in [0.1, 0.15) is 18.4 Å². The number of anilines is 1. The van der Waals surface area contributed by atoms with Gasteiger partial charge in [0.25, 0.3) is 0 Å². The van der Waals surface area contributed by atoms with Gasteiger partial charge in [0.15, 0.2) is 0 Å². The first kappa shape index (κ1) is 15.3.